The lowest BCUT2D eigenvalue weighted by Gasteiger charge is -2.11. The van der Waals surface area contributed by atoms with E-state index in [2.05, 4.69) is 11.9 Å². The van der Waals surface area contributed by atoms with E-state index in [4.69, 9.17) is 17.3 Å². The van der Waals surface area contributed by atoms with E-state index in [9.17, 15) is 4.79 Å². The Balaban J connectivity index is 3.04. The van der Waals surface area contributed by atoms with Gasteiger partial charge in [-0.1, -0.05) is 31.9 Å². The standard InChI is InChI=1S/C11H15ClN2O/c1-3-4-7(2)10-8(12)5-6-9(14-10)11(13)15/h5-7H,3-4H2,1-2H3,(H2,13,15). The van der Waals surface area contributed by atoms with Gasteiger partial charge >= 0.3 is 0 Å². The van der Waals surface area contributed by atoms with Crippen molar-refractivity contribution in [3.05, 3.63) is 28.5 Å². The molecule has 4 heteroatoms. The summed E-state index contributed by atoms with van der Waals surface area (Å²) in [4.78, 5) is 15.1. The van der Waals surface area contributed by atoms with Gasteiger partial charge in [-0.15, -0.1) is 0 Å². The minimum Gasteiger partial charge on any atom is -0.364 e. The Labute approximate surface area is 94.6 Å². The van der Waals surface area contributed by atoms with E-state index in [0.717, 1.165) is 18.5 Å². The molecule has 0 saturated carbocycles. The first-order valence-electron chi connectivity index (χ1n) is 5.02. The summed E-state index contributed by atoms with van der Waals surface area (Å²) in [6, 6.07) is 3.23. The fourth-order valence-corrected chi connectivity index (χ4v) is 1.80. The quantitative estimate of drug-likeness (QED) is 0.858. The molecule has 0 aliphatic carbocycles. The van der Waals surface area contributed by atoms with Gasteiger partial charge in [0.15, 0.2) is 0 Å². The third-order valence-corrected chi connectivity index (χ3v) is 2.63. The lowest BCUT2D eigenvalue weighted by atomic mass is 10.0. The largest absolute Gasteiger partial charge is 0.364 e. The number of hydrogen-bond donors (Lipinski definition) is 1. The van der Waals surface area contributed by atoms with E-state index in [1.807, 2.05) is 6.92 Å². The van der Waals surface area contributed by atoms with Gasteiger partial charge in [0.2, 0.25) is 0 Å². The second-order valence-corrected chi connectivity index (χ2v) is 4.02. The molecule has 1 unspecified atom stereocenters. The number of carbonyl (C=O) groups is 1. The molecule has 1 aromatic rings. The molecule has 3 nitrogen and oxygen atoms in total. The molecule has 0 spiro atoms. The van der Waals surface area contributed by atoms with Gasteiger partial charge in [0.05, 0.1) is 10.7 Å². The molecular formula is C11H15ClN2O. The average molecular weight is 227 g/mol. The van der Waals surface area contributed by atoms with Crippen LogP contribution >= 0.6 is 11.6 Å². The van der Waals surface area contributed by atoms with Crippen LogP contribution in [0.4, 0.5) is 0 Å². The monoisotopic (exact) mass is 226 g/mol. The van der Waals surface area contributed by atoms with Gasteiger partial charge in [0.1, 0.15) is 5.69 Å². The Bertz CT molecular complexity index is 366. The molecule has 1 atom stereocenters. The third-order valence-electron chi connectivity index (χ3n) is 2.31. The number of hydrogen-bond acceptors (Lipinski definition) is 2. The van der Waals surface area contributed by atoms with E-state index in [0.29, 0.717) is 5.02 Å². The van der Waals surface area contributed by atoms with Gasteiger partial charge in [-0.05, 0) is 24.5 Å². The minimum atomic E-state index is -0.517. The van der Waals surface area contributed by atoms with Crippen molar-refractivity contribution in [2.45, 2.75) is 32.6 Å². The molecular weight excluding hydrogens is 212 g/mol. The molecule has 0 aliphatic rings. The van der Waals surface area contributed by atoms with Crippen molar-refractivity contribution in [2.75, 3.05) is 0 Å². The molecule has 0 aromatic carbocycles. The van der Waals surface area contributed by atoms with Crippen LogP contribution in [0.15, 0.2) is 12.1 Å². The van der Waals surface area contributed by atoms with Crippen molar-refractivity contribution in [3.63, 3.8) is 0 Å². The number of rotatable bonds is 4. The van der Waals surface area contributed by atoms with Crippen LogP contribution in [0.3, 0.4) is 0 Å². The molecule has 82 valence electrons. The van der Waals surface area contributed by atoms with Crippen molar-refractivity contribution < 1.29 is 4.79 Å². The van der Waals surface area contributed by atoms with Crippen LogP contribution in [0.2, 0.25) is 5.02 Å². The molecule has 1 heterocycles. The van der Waals surface area contributed by atoms with Gasteiger partial charge in [0.25, 0.3) is 5.91 Å². The number of carbonyl (C=O) groups excluding carboxylic acids is 1. The number of nitrogens with two attached hydrogens (primary N) is 1. The summed E-state index contributed by atoms with van der Waals surface area (Å²) in [6.07, 6.45) is 2.05. The number of amides is 1. The maximum atomic E-state index is 11.0. The lowest BCUT2D eigenvalue weighted by Crippen LogP contribution is -2.14. The van der Waals surface area contributed by atoms with Crippen LogP contribution in [0, 0.1) is 0 Å². The lowest BCUT2D eigenvalue weighted by molar-refractivity contribution is 0.0995. The van der Waals surface area contributed by atoms with Gasteiger partial charge in [-0.25, -0.2) is 4.98 Å². The Morgan fingerprint density at radius 3 is 2.80 bits per heavy atom. The van der Waals surface area contributed by atoms with Gasteiger partial charge in [0, 0.05) is 0 Å². The molecule has 1 aromatic heterocycles. The SMILES string of the molecule is CCCC(C)c1nc(C(N)=O)ccc1Cl. The first kappa shape index (κ1) is 12.0. The second kappa shape index (κ2) is 5.12. The fraction of sp³-hybridized carbons (Fsp3) is 0.455. The summed E-state index contributed by atoms with van der Waals surface area (Å²) in [7, 11) is 0. The molecule has 15 heavy (non-hydrogen) atoms. The van der Waals surface area contributed by atoms with Crippen LogP contribution < -0.4 is 5.73 Å². The van der Waals surface area contributed by atoms with E-state index < -0.39 is 5.91 Å². The second-order valence-electron chi connectivity index (χ2n) is 3.62. The summed E-state index contributed by atoms with van der Waals surface area (Å²) in [6.45, 7) is 4.14. The van der Waals surface area contributed by atoms with Crippen molar-refractivity contribution >= 4 is 17.5 Å². The molecule has 0 bridgehead atoms. The maximum absolute atomic E-state index is 11.0. The van der Waals surface area contributed by atoms with E-state index in [1.165, 1.54) is 0 Å². The predicted molar refractivity (Wildman–Crippen MR) is 61.1 cm³/mol. The van der Waals surface area contributed by atoms with Crippen molar-refractivity contribution in [2.24, 2.45) is 5.73 Å². The predicted octanol–water partition coefficient (Wildman–Crippen LogP) is 2.74. The summed E-state index contributed by atoms with van der Waals surface area (Å²) < 4.78 is 0. The van der Waals surface area contributed by atoms with Gasteiger partial charge in [-0.3, -0.25) is 4.79 Å². The van der Waals surface area contributed by atoms with Crippen molar-refractivity contribution in [3.8, 4) is 0 Å². The number of primary amides is 1. The molecule has 0 radical (unpaired) electrons. The first-order chi connectivity index (χ1) is 7.06. The Hall–Kier alpha value is -1.09. The molecule has 2 N–H and O–H groups in total. The summed E-state index contributed by atoms with van der Waals surface area (Å²) >= 11 is 6.02. The smallest absolute Gasteiger partial charge is 0.267 e. The molecule has 1 amide bonds. The highest BCUT2D eigenvalue weighted by atomic mass is 35.5. The highest BCUT2D eigenvalue weighted by Crippen LogP contribution is 2.25. The Kier molecular flexibility index (Phi) is 4.09. The summed E-state index contributed by atoms with van der Waals surface area (Å²) in [5.74, 6) is -0.265. The molecule has 0 fully saturated rings. The zero-order valence-corrected chi connectivity index (χ0v) is 9.71. The Morgan fingerprint density at radius 2 is 2.27 bits per heavy atom. The summed E-state index contributed by atoms with van der Waals surface area (Å²) in [5, 5.41) is 0.598. The molecule has 0 saturated heterocycles. The zero-order chi connectivity index (χ0) is 11.4. The zero-order valence-electron chi connectivity index (χ0n) is 8.96. The maximum Gasteiger partial charge on any atom is 0.267 e. The van der Waals surface area contributed by atoms with E-state index >= 15 is 0 Å². The van der Waals surface area contributed by atoms with E-state index in [1.54, 1.807) is 12.1 Å². The van der Waals surface area contributed by atoms with Crippen LogP contribution in [-0.2, 0) is 0 Å². The van der Waals surface area contributed by atoms with Crippen molar-refractivity contribution in [1.29, 1.82) is 0 Å². The number of nitrogens with zero attached hydrogens (tertiary/aromatic N) is 1. The normalized spacial score (nSPS) is 12.5. The fourth-order valence-electron chi connectivity index (χ4n) is 1.51. The molecule has 0 aliphatic heterocycles. The van der Waals surface area contributed by atoms with Crippen LogP contribution in [0.25, 0.3) is 0 Å². The van der Waals surface area contributed by atoms with Crippen molar-refractivity contribution in [1.82, 2.24) is 4.98 Å². The van der Waals surface area contributed by atoms with Crippen LogP contribution in [-0.4, -0.2) is 10.9 Å². The van der Waals surface area contributed by atoms with Gasteiger partial charge < -0.3 is 5.73 Å². The van der Waals surface area contributed by atoms with E-state index in [-0.39, 0.29) is 11.6 Å². The number of halogens is 1. The Morgan fingerprint density at radius 1 is 1.60 bits per heavy atom. The number of pyridine rings is 1. The number of aromatic nitrogens is 1. The van der Waals surface area contributed by atoms with Gasteiger partial charge in [-0.2, -0.15) is 0 Å². The average Bonchev–Trinajstić information content (AvgIpc) is 2.18. The highest BCUT2D eigenvalue weighted by molar-refractivity contribution is 6.31. The van der Waals surface area contributed by atoms with Crippen LogP contribution in [0.1, 0.15) is 48.8 Å². The molecule has 1 rings (SSSR count). The first-order valence-corrected chi connectivity index (χ1v) is 5.40. The minimum absolute atomic E-state index is 0.252. The summed E-state index contributed by atoms with van der Waals surface area (Å²) in [5.41, 5.74) is 6.20. The van der Waals surface area contributed by atoms with Crippen LogP contribution in [0.5, 0.6) is 0 Å². The topological polar surface area (TPSA) is 56.0 Å². The third kappa shape index (κ3) is 2.93. The highest BCUT2D eigenvalue weighted by Gasteiger charge is 2.13.